The standard InChI is InChI=1S/C4H11NO2S/c1-2-3-4-8(5,6)7/h4H,2-3H2,1H3,(H3,5,6,7). The zero-order valence-corrected chi connectivity index (χ0v) is 5.65. The van der Waals surface area contributed by atoms with Crippen LogP contribution in [0.1, 0.15) is 19.8 Å². The van der Waals surface area contributed by atoms with Crippen LogP contribution in [0.5, 0.6) is 0 Å². The zero-order valence-electron chi connectivity index (χ0n) is 4.83. The highest BCUT2D eigenvalue weighted by Gasteiger charge is 1.85. The largest absolute Gasteiger partial charge is 0.303 e. The molecule has 3 nitrogen and oxygen atoms in total. The van der Waals surface area contributed by atoms with Gasteiger partial charge in [0, 0.05) is 5.37 Å². The van der Waals surface area contributed by atoms with Gasteiger partial charge >= 0.3 is 0 Å². The molecule has 0 aliphatic carbocycles. The summed E-state index contributed by atoms with van der Waals surface area (Å²) in [6, 6.07) is 0. The molecule has 0 aromatic rings. The highest BCUT2D eigenvalue weighted by molar-refractivity contribution is 7.93. The molecule has 1 unspecified atom stereocenters. The smallest absolute Gasteiger partial charge is 0.138 e. The molecule has 0 aliphatic heterocycles. The van der Waals surface area contributed by atoms with Crippen LogP contribution in [-0.4, -0.2) is 14.1 Å². The lowest BCUT2D eigenvalue weighted by molar-refractivity contribution is 0.561. The second-order valence-electron chi connectivity index (χ2n) is 1.57. The van der Waals surface area contributed by atoms with Crippen molar-refractivity contribution < 1.29 is 8.76 Å². The first-order valence-electron chi connectivity index (χ1n) is 2.44. The van der Waals surface area contributed by atoms with Crippen LogP contribution in [-0.2, 0) is 9.99 Å². The summed E-state index contributed by atoms with van der Waals surface area (Å²) in [5.41, 5.74) is 0. The molecule has 0 aromatic carbocycles. The molecule has 0 spiro atoms. The third kappa shape index (κ3) is 5.94. The summed E-state index contributed by atoms with van der Waals surface area (Å²) < 4.78 is 18.6. The molecule has 0 amide bonds. The Kier molecular flexibility index (Phi) is 3.04. The Morgan fingerprint density at radius 3 is 2.50 bits per heavy atom. The van der Waals surface area contributed by atoms with Crippen molar-refractivity contribution in [3.63, 3.8) is 0 Å². The lowest BCUT2D eigenvalue weighted by atomic mass is 10.4. The summed E-state index contributed by atoms with van der Waals surface area (Å²) in [6.07, 6.45) is 1.46. The highest BCUT2D eigenvalue weighted by atomic mass is 32.2. The Labute approximate surface area is 49.9 Å². The van der Waals surface area contributed by atoms with Crippen LogP contribution in [0.4, 0.5) is 0 Å². The summed E-state index contributed by atoms with van der Waals surface area (Å²) in [4.78, 5) is 0. The van der Waals surface area contributed by atoms with Gasteiger partial charge in [0.05, 0.1) is 0 Å². The number of nitrogens with two attached hydrogens (primary N) is 1. The fourth-order valence-corrected chi connectivity index (χ4v) is 0.860. The van der Waals surface area contributed by atoms with E-state index in [1.165, 1.54) is 5.37 Å². The monoisotopic (exact) mass is 137 g/mol. The molecule has 0 aromatic heterocycles. The summed E-state index contributed by atoms with van der Waals surface area (Å²) in [5, 5.41) is 5.98. The van der Waals surface area contributed by atoms with E-state index in [-0.39, 0.29) is 0 Å². The Hall–Kier alpha value is -0.0600. The van der Waals surface area contributed by atoms with Gasteiger partial charge in [-0.1, -0.05) is 13.3 Å². The van der Waals surface area contributed by atoms with Gasteiger partial charge in [-0.3, -0.25) is 0 Å². The zero-order chi connectivity index (χ0) is 6.62. The van der Waals surface area contributed by atoms with Crippen molar-refractivity contribution in [1.29, 1.82) is 0 Å². The molecule has 3 N–H and O–H groups in total. The molecule has 0 fully saturated rings. The Bertz CT molecular complexity index is 149. The molecule has 0 bridgehead atoms. The van der Waals surface area contributed by atoms with E-state index in [9.17, 15) is 4.21 Å². The fraction of sp³-hybridized carbons (Fsp3) is 0.750. The molecule has 1 atom stereocenters. The summed E-state index contributed by atoms with van der Waals surface area (Å²) in [6.45, 7) is 1.92. The van der Waals surface area contributed by atoms with Crippen molar-refractivity contribution in [3.05, 3.63) is 0 Å². The molecule has 0 rings (SSSR count). The minimum absolute atomic E-state index is 0.603. The van der Waals surface area contributed by atoms with Crippen LogP contribution >= 0.6 is 0 Å². The van der Waals surface area contributed by atoms with Crippen molar-refractivity contribution in [2.45, 2.75) is 19.8 Å². The lowest BCUT2D eigenvalue weighted by Gasteiger charge is -1.89. The van der Waals surface area contributed by atoms with E-state index >= 15 is 0 Å². The van der Waals surface area contributed by atoms with Crippen LogP contribution in [0.15, 0.2) is 0 Å². The second kappa shape index (κ2) is 3.06. The minimum atomic E-state index is -3.06. The normalized spacial score (nSPS) is 17.4. The van der Waals surface area contributed by atoms with E-state index in [1.54, 1.807) is 0 Å². The van der Waals surface area contributed by atoms with Crippen molar-refractivity contribution in [2.24, 2.45) is 5.14 Å². The number of rotatable bonds is 2. The van der Waals surface area contributed by atoms with Crippen LogP contribution in [0.2, 0.25) is 0 Å². The maximum atomic E-state index is 10.2. The molecule has 4 heteroatoms. The highest BCUT2D eigenvalue weighted by Crippen LogP contribution is 1.81. The maximum Gasteiger partial charge on any atom is 0.138 e. The van der Waals surface area contributed by atoms with E-state index in [2.05, 4.69) is 0 Å². The Balaban J connectivity index is 3.78. The van der Waals surface area contributed by atoms with Crippen molar-refractivity contribution >= 4 is 15.4 Å². The van der Waals surface area contributed by atoms with E-state index in [4.69, 9.17) is 9.69 Å². The Morgan fingerprint density at radius 2 is 2.38 bits per heavy atom. The van der Waals surface area contributed by atoms with Crippen LogP contribution in [0, 0.1) is 0 Å². The van der Waals surface area contributed by atoms with E-state index in [0.29, 0.717) is 6.42 Å². The molecule has 0 radical (unpaired) electrons. The molecule has 0 saturated carbocycles. The van der Waals surface area contributed by atoms with Crippen molar-refractivity contribution in [1.82, 2.24) is 0 Å². The quantitative estimate of drug-likeness (QED) is 0.535. The van der Waals surface area contributed by atoms with Gasteiger partial charge in [-0.05, 0) is 6.42 Å². The van der Waals surface area contributed by atoms with Gasteiger partial charge in [0.15, 0.2) is 0 Å². The average molecular weight is 137 g/mol. The molecule has 0 saturated heterocycles. The minimum Gasteiger partial charge on any atom is -0.303 e. The van der Waals surface area contributed by atoms with E-state index < -0.39 is 9.99 Å². The van der Waals surface area contributed by atoms with Crippen molar-refractivity contribution in [3.8, 4) is 0 Å². The third-order valence-corrected chi connectivity index (χ3v) is 1.36. The Morgan fingerprint density at radius 1 is 1.88 bits per heavy atom. The maximum absolute atomic E-state index is 10.2. The van der Waals surface area contributed by atoms with Gasteiger partial charge in [0.2, 0.25) is 0 Å². The van der Waals surface area contributed by atoms with Gasteiger partial charge in [-0.25, -0.2) is 9.35 Å². The first kappa shape index (κ1) is 7.94. The summed E-state index contributed by atoms with van der Waals surface area (Å²) in [7, 11) is -3.06. The molecular weight excluding hydrogens is 126 g/mol. The average Bonchev–Trinajstić information content (AvgIpc) is 1.59. The van der Waals surface area contributed by atoms with Crippen molar-refractivity contribution in [2.75, 3.05) is 0 Å². The molecule has 0 aliphatic rings. The number of hydrogen-bond acceptors (Lipinski definition) is 1. The summed E-state index contributed by atoms with van der Waals surface area (Å²) >= 11 is 0. The SMILES string of the molecule is CCCC=S(N)(=O)O. The van der Waals surface area contributed by atoms with Crippen LogP contribution in [0.25, 0.3) is 0 Å². The number of hydrogen-bond donors (Lipinski definition) is 2. The second-order valence-corrected chi connectivity index (χ2v) is 3.13. The van der Waals surface area contributed by atoms with Gasteiger partial charge in [-0.2, -0.15) is 0 Å². The molecule has 50 valence electrons. The fourth-order valence-electron chi connectivity index (χ4n) is 0.287. The molecule has 0 heterocycles. The van der Waals surface area contributed by atoms with Gasteiger partial charge in [0.1, 0.15) is 9.99 Å². The first-order valence-corrected chi connectivity index (χ1v) is 4.08. The molecular formula is C4H11NO2S. The summed E-state index contributed by atoms with van der Waals surface area (Å²) in [5.74, 6) is 0. The predicted octanol–water partition coefficient (Wildman–Crippen LogP) is 0.220. The third-order valence-electron chi connectivity index (χ3n) is 0.645. The van der Waals surface area contributed by atoms with Crippen LogP contribution < -0.4 is 5.14 Å². The molecule has 8 heavy (non-hydrogen) atoms. The van der Waals surface area contributed by atoms with Crippen LogP contribution in [0.3, 0.4) is 0 Å². The van der Waals surface area contributed by atoms with Gasteiger partial charge in [0.25, 0.3) is 0 Å². The first-order chi connectivity index (χ1) is 3.56. The lowest BCUT2D eigenvalue weighted by Crippen LogP contribution is -2.12. The van der Waals surface area contributed by atoms with Gasteiger partial charge < -0.3 is 4.55 Å². The number of unbranched alkanes of at least 4 members (excludes halogenated alkanes) is 1. The van der Waals surface area contributed by atoms with E-state index in [1.807, 2.05) is 6.92 Å². The predicted molar refractivity (Wildman–Crippen MR) is 35.9 cm³/mol. The van der Waals surface area contributed by atoms with E-state index in [0.717, 1.165) is 6.42 Å². The van der Waals surface area contributed by atoms with Gasteiger partial charge in [-0.15, -0.1) is 0 Å². The topological polar surface area (TPSA) is 63.3 Å².